The number of carbonyl (C=O) groups excluding carboxylic acids is 2. The summed E-state index contributed by atoms with van der Waals surface area (Å²) in [5.41, 5.74) is 4.58. The van der Waals surface area contributed by atoms with Gasteiger partial charge in [0.2, 0.25) is 11.8 Å². The molecule has 0 aliphatic heterocycles. The number of hydrogen-bond acceptors (Lipinski definition) is 4. The van der Waals surface area contributed by atoms with E-state index >= 15 is 0 Å². The molecule has 1 unspecified atom stereocenters. The molecule has 0 aromatic heterocycles. The van der Waals surface area contributed by atoms with Gasteiger partial charge in [-0.2, -0.15) is 0 Å². The molecular formula is C38H42ClN3O4S. The van der Waals surface area contributed by atoms with Crippen LogP contribution in [0.15, 0.2) is 102 Å². The number of benzene rings is 4. The van der Waals surface area contributed by atoms with E-state index in [2.05, 4.69) is 5.32 Å². The highest BCUT2D eigenvalue weighted by Crippen LogP contribution is 2.29. The molecule has 9 heteroatoms. The molecule has 2 amide bonds. The lowest BCUT2D eigenvalue weighted by molar-refractivity contribution is -0.140. The summed E-state index contributed by atoms with van der Waals surface area (Å²) in [5.74, 6) is -0.734. The van der Waals surface area contributed by atoms with Crippen LogP contribution in [-0.4, -0.2) is 43.8 Å². The van der Waals surface area contributed by atoms with Crippen molar-refractivity contribution in [2.45, 2.75) is 76.4 Å². The van der Waals surface area contributed by atoms with Crippen molar-refractivity contribution in [3.8, 4) is 0 Å². The molecule has 4 aromatic carbocycles. The molecule has 1 aliphatic carbocycles. The number of nitrogens with one attached hydrogen (secondary N) is 1. The standard InChI is InChI=1S/C38H42ClN3O4S/c1-27-14-21-34(22-15-27)47(45,46)42(35-23-28(2)13-16-29(35)3)26-37(43)41(25-31-17-19-32(39)20-18-31)36(24-30-9-5-4-6-10-30)38(44)40-33-11-7-8-12-33/h4-6,9-10,13-23,33,36H,7-8,11-12,24-26H2,1-3H3,(H,40,44). The summed E-state index contributed by atoms with van der Waals surface area (Å²) in [6.45, 7) is 5.21. The number of aryl methyl sites for hydroxylation is 3. The highest BCUT2D eigenvalue weighted by Gasteiger charge is 2.36. The van der Waals surface area contributed by atoms with Crippen molar-refractivity contribution in [2.75, 3.05) is 10.8 Å². The highest BCUT2D eigenvalue weighted by molar-refractivity contribution is 7.92. The number of halogens is 1. The van der Waals surface area contributed by atoms with Gasteiger partial charge in [0.15, 0.2) is 0 Å². The van der Waals surface area contributed by atoms with Gasteiger partial charge < -0.3 is 10.2 Å². The Bertz CT molecular complexity index is 1790. The van der Waals surface area contributed by atoms with Gasteiger partial charge in [0, 0.05) is 24.0 Å². The first-order valence-electron chi connectivity index (χ1n) is 16.1. The van der Waals surface area contributed by atoms with Gasteiger partial charge in [-0.15, -0.1) is 0 Å². The largest absolute Gasteiger partial charge is 0.352 e. The summed E-state index contributed by atoms with van der Waals surface area (Å²) in [6.07, 6.45) is 4.15. The monoisotopic (exact) mass is 671 g/mol. The predicted octanol–water partition coefficient (Wildman–Crippen LogP) is 7.16. The first-order chi connectivity index (χ1) is 22.5. The molecule has 1 fully saturated rings. The second-order valence-corrected chi connectivity index (χ2v) is 14.8. The van der Waals surface area contributed by atoms with E-state index in [0.717, 1.165) is 47.9 Å². The molecule has 1 saturated carbocycles. The predicted molar refractivity (Wildman–Crippen MR) is 188 cm³/mol. The van der Waals surface area contributed by atoms with Crippen LogP contribution in [-0.2, 0) is 32.6 Å². The number of anilines is 1. The van der Waals surface area contributed by atoms with Crippen LogP contribution in [0.4, 0.5) is 5.69 Å². The molecule has 1 aliphatic rings. The Kier molecular flexibility index (Phi) is 11.0. The Labute approximate surface area is 283 Å². The fourth-order valence-electron chi connectivity index (χ4n) is 6.05. The zero-order chi connectivity index (χ0) is 33.6. The molecule has 1 atom stereocenters. The van der Waals surface area contributed by atoms with Gasteiger partial charge >= 0.3 is 0 Å². The minimum Gasteiger partial charge on any atom is -0.352 e. The Balaban J connectivity index is 1.58. The molecule has 0 radical (unpaired) electrons. The molecule has 0 bridgehead atoms. The summed E-state index contributed by atoms with van der Waals surface area (Å²) in [5, 5.41) is 3.76. The van der Waals surface area contributed by atoms with Crippen LogP contribution in [0, 0.1) is 20.8 Å². The van der Waals surface area contributed by atoms with Gasteiger partial charge in [-0.3, -0.25) is 13.9 Å². The van der Waals surface area contributed by atoms with Crippen molar-refractivity contribution in [3.63, 3.8) is 0 Å². The summed E-state index contributed by atoms with van der Waals surface area (Å²) in [6, 6.07) is 28.0. The highest BCUT2D eigenvalue weighted by atomic mass is 35.5. The fraction of sp³-hybridized carbons (Fsp3) is 0.316. The second-order valence-electron chi connectivity index (χ2n) is 12.5. The minimum atomic E-state index is -4.17. The van der Waals surface area contributed by atoms with Crippen LogP contribution in [0.2, 0.25) is 5.02 Å². The van der Waals surface area contributed by atoms with E-state index in [9.17, 15) is 18.0 Å². The van der Waals surface area contributed by atoms with Gasteiger partial charge in [0.1, 0.15) is 12.6 Å². The summed E-state index contributed by atoms with van der Waals surface area (Å²) in [4.78, 5) is 30.5. The Hall–Kier alpha value is -4.14. The number of rotatable bonds is 12. The summed E-state index contributed by atoms with van der Waals surface area (Å²) >= 11 is 6.19. The van der Waals surface area contributed by atoms with Gasteiger partial charge in [0.05, 0.1) is 10.6 Å². The van der Waals surface area contributed by atoms with Crippen LogP contribution in [0.1, 0.15) is 53.5 Å². The molecule has 7 nitrogen and oxygen atoms in total. The summed E-state index contributed by atoms with van der Waals surface area (Å²) in [7, 11) is -4.17. The Morgan fingerprint density at radius 3 is 2.13 bits per heavy atom. The van der Waals surface area contributed by atoms with E-state index in [4.69, 9.17) is 11.6 Å². The molecule has 5 rings (SSSR count). The van der Waals surface area contributed by atoms with E-state index < -0.39 is 28.5 Å². The zero-order valence-electron chi connectivity index (χ0n) is 27.2. The number of carbonyl (C=O) groups is 2. The smallest absolute Gasteiger partial charge is 0.264 e. The second kappa shape index (κ2) is 15.2. The molecule has 47 heavy (non-hydrogen) atoms. The van der Waals surface area contributed by atoms with Gasteiger partial charge in [-0.05, 0) is 86.2 Å². The van der Waals surface area contributed by atoms with E-state index in [1.165, 1.54) is 9.21 Å². The van der Waals surface area contributed by atoms with E-state index in [1.54, 1.807) is 42.5 Å². The van der Waals surface area contributed by atoms with E-state index in [-0.39, 0.29) is 29.8 Å². The van der Waals surface area contributed by atoms with Crippen molar-refractivity contribution in [3.05, 3.63) is 130 Å². The lowest BCUT2D eigenvalue weighted by Gasteiger charge is -2.34. The normalized spacial score (nSPS) is 14.0. The quantitative estimate of drug-likeness (QED) is 0.173. The first-order valence-corrected chi connectivity index (χ1v) is 17.9. The molecule has 0 spiro atoms. The maximum absolute atomic E-state index is 14.7. The third-order valence-corrected chi connectivity index (χ3v) is 10.8. The van der Waals surface area contributed by atoms with E-state index in [0.29, 0.717) is 16.3 Å². The zero-order valence-corrected chi connectivity index (χ0v) is 28.7. The Morgan fingerprint density at radius 1 is 0.830 bits per heavy atom. The van der Waals surface area contributed by atoms with Crippen molar-refractivity contribution in [2.24, 2.45) is 0 Å². The minimum absolute atomic E-state index is 0.0432. The van der Waals surface area contributed by atoms with Gasteiger partial charge in [-0.25, -0.2) is 8.42 Å². The molecular weight excluding hydrogens is 630 g/mol. The molecule has 4 aromatic rings. The Morgan fingerprint density at radius 2 is 1.47 bits per heavy atom. The number of hydrogen-bond donors (Lipinski definition) is 1. The van der Waals surface area contributed by atoms with E-state index in [1.807, 2.05) is 75.4 Å². The van der Waals surface area contributed by atoms with Gasteiger partial charge in [-0.1, -0.05) is 96.7 Å². The third kappa shape index (κ3) is 8.62. The van der Waals surface area contributed by atoms with Crippen molar-refractivity contribution < 1.29 is 18.0 Å². The van der Waals surface area contributed by atoms with Crippen molar-refractivity contribution in [1.29, 1.82) is 0 Å². The van der Waals surface area contributed by atoms with Crippen LogP contribution in [0.3, 0.4) is 0 Å². The van der Waals surface area contributed by atoms with Crippen LogP contribution < -0.4 is 9.62 Å². The van der Waals surface area contributed by atoms with Crippen LogP contribution >= 0.6 is 11.6 Å². The number of sulfonamides is 1. The summed E-state index contributed by atoms with van der Waals surface area (Å²) < 4.78 is 29.9. The number of nitrogens with zero attached hydrogens (tertiary/aromatic N) is 2. The average Bonchev–Trinajstić information content (AvgIpc) is 3.57. The molecule has 0 saturated heterocycles. The average molecular weight is 672 g/mol. The maximum atomic E-state index is 14.7. The first kappa shape index (κ1) is 34.2. The van der Waals surface area contributed by atoms with Crippen molar-refractivity contribution >= 4 is 39.1 Å². The van der Waals surface area contributed by atoms with Crippen molar-refractivity contribution in [1.82, 2.24) is 10.2 Å². The SMILES string of the molecule is Cc1ccc(S(=O)(=O)N(CC(=O)N(Cc2ccc(Cl)cc2)C(Cc2ccccc2)C(=O)NC2CCCC2)c2cc(C)ccc2C)cc1. The van der Waals surface area contributed by atoms with Crippen LogP contribution in [0.5, 0.6) is 0 Å². The molecule has 0 heterocycles. The van der Waals surface area contributed by atoms with Gasteiger partial charge in [0.25, 0.3) is 10.0 Å². The molecule has 246 valence electrons. The maximum Gasteiger partial charge on any atom is 0.264 e. The lowest BCUT2D eigenvalue weighted by Crippen LogP contribution is -2.54. The number of amides is 2. The lowest BCUT2D eigenvalue weighted by atomic mass is 10.0. The fourth-order valence-corrected chi connectivity index (χ4v) is 7.64. The van der Waals surface area contributed by atoms with Crippen LogP contribution in [0.25, 0.3) is 0 Å². The topological polar surface area (TPSA) is 86.8 Å². The molecule has 1 N–H and O–H groups in total. The third-order valence-electron chi connectivity index (χ3n) is 8.76.